The summed E-state index contributed by atoms with van der Waals surface area (Å²) in [6, 6.07) is 14.0. The van der Waals surface area contributed by atoms with Gasteiger partial charge in [-0.05, 0) is 36.9 Å². The predicted molar refractivity (Wildman–Crippen MR) is 83.9 cm³/mol. The Morgan fingerprint density at radius 3 is 2.19 bits per heavy atom. The minimum atomic E-state index is -4.27. The molecule has 21 heavy (non-hydrogen) atoms. The van der Waals surface area contributed by atoms with Gasteiger partial charge >= 0.3 is 0 Å². The van der Waals surface area contributed by atoms with E-state index in [0.717, 1.165) is 16.3 Å². The highest BCUT2D eigenvalue weighted by Gasteiger charge is 2.23. The number of rotatable bonds is 1. The van der Waals surface area contributed by atoms with Crippen molar-refractivity contribution in [3.63, 3.8) is 0 Å². The highest BCUT2D eigenvalue weighted by Crippen LogP contribution is 2.31. The van der Waals surface area contributed by atoms with Gasteiger partial charge in [0.15, 0.2) is 0 Å². The zero-order chi connectivity index (χ0) is 15.5. The van der Waals surface area contributed by atoms with E-state index in [1.165, 1.54) is 17.0 Å². The molecule has 1 aliphatic rings. The van der Waals surface area contributed by atoms with E-state index in [4.69, 9.17) is 0 Å². The Morgan fingerprint density at radius 1 is 1.00 bits per heavy atom. The largest absolute Gasteiger partial charge is 0.744 e. The van der Waals surface area contributed by atoms with Crippen LogP contribution in [0.1, 0.15) is 12.5 Å². The Bertz CT molecular complexity index is 766. The molecule has 1 aliphatic heterocycles. The van der Waals surface area contributed by atoms with Crippen molar-refractivity contribution in [2.45, 2.75) is 23.6 Å². The van der Waals surface area contributed by atoms with Crippen molar-refractivity contribution in [1.29, 1.82) is 0 Å². The van der Waals surface area contributed by atoms with Crippen molar-refractivity contribution in [2.24, 2.45) is 0 Å². The van der Waals surface area contributed by atoms with Gasteiger partial charge in [0, 0.05) is 13.0 Å². The van der Waals surface area contributed by atoms with Crippen LogP contribution >= 0.6 is 11.8 Å². The molecule has 0 saturated heterocycles. The number of thioether (sulfide) groups is 1. The molecule has 0 aromatic heterocycles. The maximum atomic E-state index is 10.4. The van der Waals surface area contributed by atoms with Crippen LogP contribution in [-0.2, 0) is 10.1 Å². The molecular formula is C15H14NO3S2. The molecule has 2 aromatic carbocycles. The summed E-state index contributed by atoms with van der Waals surface area (Å²) in [5, 5.41) is 1.14. The molecule has 0 atom stereocenters. The van der Waals surface area contributed by atoms with E-state index in [2.05, 4.69) is 11.1 Å². The van der Waals surface area contributed by atoms with E-state index in [1.807, 2.05) is 32.0 Å². The number of hydrogen-bond donors (Lipinski definition) is 0. The van der Waals surface area contributed by atoms with Crippen LogP contribution in [0.2, 0.25) is 0 Å². The maximum Gasteiger partial charge on any atom is 0.292 e. The first-order chi connectivity index (χ1) is 9.86. The lowest BCUT2D eigenvalue weighted by molar-refractivity contribution is 0.463. The molecule has 0 bridgehead atoms. The van der Waals surface area contributed by atoms with Crippen LogP contribution in [0.15, 0.2) is 58.3 Å². The third-order valence-corrected chi connectivity index (χ3v) is 4.51. The minimum Gasteiger partial charge on any atom is -0.744 e. The molecule has 6 heteroatoms. The van der Waals surface area contributed by atoms with Crippen LogP contribution < -0.4 is 4.99 Å². The van der Waals surface area contributed by atoms with Crippen molar-refractivity contribution < 1.29 is 13.0 Å². The highest BCUT2D eigenvalue weighted by molar-refractivity contribution is 8.14. The first-order valence-electron chi connectivity index (χ1n) is 6.21. The van der Waals surface area contributed by atoms with Gasteiger partial charge in [0.1, 0.15) is 10.1 Å². The number of para-hydroxylation sites is 1. The Morgan fingerprint density at radius 2 is 1.62 bits per heavy atom. The molecule has 0 saturated carbocycles. The van der Waals surface area contributed by atoms with Gasteiger partial charge in [0.2, 0.25) is 0 Å². The van der Waals surface area contributed by atoms with Gasteiger partial charge in [-0.1, -0.05) is 29.8 Å². The lowest BCUT2D eigenvalue weighted by Crippen LogP contribution is -1.97. The fourth-order valence-corrected chi connectivity index (χ4v) is 2.99. The Labute approximate surface area is 128 Å². The number of benzene rings is 2. The van der Waals surface area contributed by atoms with Crippen molar-refractivity contribution in [3.8, 4) is 0 Å². The first kappa shape index (κ1) is 15.8. The molecule has 3 rings (SSSR count). The Kier molecular flexibility index (Phi) is 4.82. The van der Waals surface area contributed by atoms with Gasteiger partial charge in [-0.15, -0.1) is 0 Å². The number of fused-ring (bicyclic) bond motifs is 1. The normalized spacial score (nSPS) is 13.0. The SMILES string of the molecule is CC1=[N+]c2ccccc2S1.Cc1ccc(S(=O)(=O)[O-])cc1. The third-order valence-electron chi connectivity index (χ3n) is 2.71. The molecule has 0 fully saturated rings. The van der Waals surface area contributed by atoms with Crippen LogP contribution in [0.3, 0.4) is 0 Å². The lowest BCUT2D eigenvalue weighted by Gasteiger charge is -2.05. The highest BCUT2D eigenvalue weighted by atomic mass is 32.2. The van der Waals surface area contributed by atoms with Crippen LogP contribution in [-0.4, -0.2) is 18.0 Å². The van der Waals surface area contributed by atoms with Gasteiger partial charge < -0.3 is 4.55 Å². The molecular weight excluding hydrogens is 306 g/mol. The van der Waals surface area contributed by atoms with Gasteiger partial charge in [-0.3, -0.25) is 0 Å². The van der Waals surface area contributed by atoms with Crippen molar-refractivity contribution in [2.75, 3.05) is 0 Å². The zero-order valence-electron chi connectivity index (χ0n) is 11.6. The molecule has 0 unspecified atom stereocenters. The second-order valence-corrected chi connectivity index (χ2v) is 7.08. The fourth-order valence-electron chi connectivity index (χ4n) is 1.69. The van der Waals surface area contributed by atoms with Crippen LogP contribution in [0.25, 0.3) is 0 Å². The predicted octanol–water partition coefficient (Wildman–Crippen LogP) is 3.08. The van der Waals surface area contributed by atoms with E-state index in [0.29, 0.717) is 0 Å². The summed E-state index contributed by atoms with van der Waals surface area (Å²) in [6.07, 6.45) is 0. The first-order valence-corrected chi connectivity index (χ1v) is 8.43. The van der Waals surface area contributed by atoms with Crippen LogP contribution in [0.5, 0.6) is 0 Å². The lowest BCUT2D eigenvalue weighted by atomic mass is 10.2. The monoisotopic (exact) mass is 320 g/mol. The fraction of sp³-hybridized carbons (Fsp3) is 0.133. The topological polar surface area (TPSA) is 71.3 Å². The minimum absolute atomic E-state index is 0.178. The smallest absolute Gasteiger partial charge is 0.292 e. The summed E-state index contributed by atoms with van der Waals surface area (Å²) in [7, 11) is -4.27. The quantitative estimate of drug-likeness (QED) is 0.757. The summed E-state index contributed by atoms with van der Waals surface area (Å²) in [5.41, 5.74) is 2.04. The molecule has 109 valence electrons. The summed E-state index contributed by atoms with van der Waals surface area (Å²) < 4.78 is 31.2. The van der Waals surface area contributed by atoms with E-state index < -0.39 is 10.1 Å². The number of nitrogens with zero attached hydrogens (tertiary/aromatic N) is 1. The van der Waals surface area contributed by atoms with E-state index in [9.17, 15) is 13.0 Å². The molecule has 0 N–H and O–H groups in total. The molecule has 0 spiro atoms. The van der Waals surface area contributed by atoms with Crippen LogP contribution in [0, 0.1) is 6.92 Å². The Hall–Kier alpha value is -1.63. The summed E-state index contributed by atoms with van der Waals surface area (Å²) in [6.45, 7) is 3.85. The molecule has 1 heterocycles. The summed E-state index contributed by atoms with van der Waals surface area (Å²) in [5.74, 6) is 0. The molecule has 2 aromatic rings. The van der Waals surface area contributed by atoms with Gasteiger partial charge in [0.25, 0.3) is 10.7 Å². The standard InChI is InChI=1S/C8H7NS.C7H8O3S/c1-6-9-7-4-2-3-5-8(7)10-6;1-6-2-4-7(5-3-6)11(8,9)10/h2-5H,1H3;2-5H,1H3,(H,8,9,10)/q+1;/p-1. The van der Waals surface area contributed by atoms with Gasteiger partial charge in [-0.25, -0.2) is 8.42 Å². The van der Waals surface area contributed by atoms with Crippen molar-refractivity contribution >= 4 is 32.6 Å². The summed E-state index contributed by atoms with van der Waals surface area (Å²) >= 11 is 1.74. The van der Waals surface area contributed by atoms with E-state index in [-0.39, 0.29) is 4.90 Å². The second kappa shape index (κ2) is 6.43. The van der Waals surface area contributed by atoms with Crippen molar-refractivity contribution in [3.05, 3.63) is 54.1 Å². The van der Waals surface area contributed by atoms with Gasteiger partial charge in [0.05, 0.1) is 14.8 Å². The average molecular weight is 320 g/mol. The van der Waals surface area contributed by atoms with E-state index >= 15 is 0 Å². The zero-order valence-corrected chi connectivity index (χ0v) is 13.2. The third kappa shape index (κ3) is 4.42. The maximum absolute atomic E-state index is 10.4. The summed E-state index contributed by atoms with van der Waals surface area (Å²) in [4.78, 5) is 5.43. The van der Waals surface area contributed by atoms with Crippen molar-refractivity contribution in [1.82, 2.24) is 4.99 Å². The van der Waals surface area contributed by atoms with Crippen LogP contribution in [0.4, 0.5) is 5.69 Å². The van der Waals surface area contributed by atoms with Gasteiger partial charge in [-0.2, -0.15) is 0 Å². The Balaban J connectivity index is 0.000000154. The molecule has 0 amide bonds. The number of aliphatic imine (C=N–C) groups is 1. The number of aryl methyl sites for hydroxylation is 1. The average Bonchev–Trinajstić information content (AvgIpc) is 2.79. The molecule has 1 radical (unpaired) electrons. The number of hydrogen-bond acceptors (Lipinski definition) is 5. The van der Waals surface area contributed by atoms with E-state index in [1.54, 1.807) is 23.9 Å². The molecule has 4 nitrogen and oxygen atoms in total. The second-order valence-electron chi connectivity index (χ2n) is 4.47. The molecule has 0 aliphatic carbocycles.